The molecule has 6 nitrogen and oxygen atoms in total. The van der Waals surface area contributed by atoms with Crippen LogP contribution in [0.4, 0.5) is 5.69 Å². The molecule has 2 aromatic carbocycles. The minimum Gasteiger partial charge on any atom is -0.492 e. The van der Waals surface area contributed by atoms with Gasteiger partial charge in [0.15, 0.2) is 11.5 Å². The van der Waals surface area contributed by atoms with Crippen molar-refractivity contribution in [2.45, 2.75) is 20.3 Å². The number of anilines is 1. The van der Waals surface area contributed by atoms with Crippen LogP contribution in [0.1, 0.15) is 30.6 Å². The van der Waals surface area contributed by atoms with Gasteiger partial charge in [0.05, 0.1) is 18.2 Å². The molecule has 0 heterocycles. The molecule has 2 rings (SSSR count). The van der Waals surface area contributed by atoms with Gasteiger partial charge in [-0.2, -0.15) is 0 Å². The molecule has 0 aliphatic carbocycles. The maximum Gasteiger partial charge on any atom is 0.255 e. The number of carbonyl (C=O) groups is 1. The van der Waals surface area contributed by atoms with Crippen molar-refractivity contribution >= 4 is 35.6 Å². The number of halogens is 2. The van der Waals surface area contributed by atoms with Crippen molar-refractivity contribution in [2.75, 3.05) is 31.7 Å². The first-order valence-electron chi connectivity index (χ1n) is 8.92. The molecular formula is C20H26Cl2N2O4. The van der Waals surface area contributed by atoms with Crippen molar-refractivity contribution in [1.82, 2.24) is 0 Å². The molecule has 0 bridgehead atoms. The third-order valence-electron chi connectivity index (χ3n) is 3.52. The van der Waals surface area contributed by atoms with E-state index < -0.39 is 0 Å². The summed E-state index contributed by atoms with van der Waals surface area (Å²) in [4.78, 5) is 12.6. The largest absolute Gasteiger partial charge is 0.492 e. The average molecular weight is 429 g/mol. The summed E-state index contributed by atoms with van der Waals surface area (Å²) in [5.74, 6) is 1.31. The number of hydrogen-bond acceptors (Lipinski definition) is 5. The minimum atomic E-state index is -0.296. The molecule has 0 aliphatic rings. The molecule has 0 unspecified atom stereocenters. The molecule has 0 atom stereocenters. The molecule has 0 aromatic heterocycles. The number of carbonyl (C=O) groups excluding carboxylic acids is 1. The van der Waals surface area contributed by atoms with E-state index in [9.17, 15) is 4.79 Å². The van der Waals surface area contributed by atoms with E-state index in [1.807, 2.05) is 13.8 Å². The molecule has 1 amide bonds. The number of benzene rings is 2. The summed E-state index contributed by atoms with van der Waals surface area (Å²) >= 11 is 6.31. The molecule has 0 saturated heterocycles. The van der Waals surface area contributed by atoms with Crippen LogP contribution >= 0.6 is 24.0 Å². The van der Waals surface area contributed by atoms with Gasteiger partial charge in [0.1, 0.15) is 12.4 Å². The lowest BCUT2D eigenvalue weighted by atomic mass is 10.1. The zero-order chi connectivity index (χ0) is 19.6. The Balaban J connectivity index is 0.00000392. The Morgan fingerprint density at radius 3 is 2.39 bits per heavy atom. The number of amides is 1. The van der Waals surface area contributed by atoms with E-state index in [2.05, 4.69) is 5.32 Å². The van der Waals surface area contributed by atoms with Gasteiger partial charge in [-0.3, -0.25) is 4.79 Å². The number of rotatable bonds is 10. The highest BCUT2D eigenvalue weighted by Gasteiger charge is 2.16. The second-order valence-corrected chi connectivity index (χ2v) is 6.09. The summed E-state index contributed by atoms with van der Waals surface area (Å²) in [7, 11) is 0. The normalized spacial score (nSPS) is 10.0. The summed E-state index contributed by atoms with van der Waals surface area (Å²) in [6.45, 7) is 5.70. The second-order valence-electron chi connectivity index (χ2n) is 5.68. The van der Waals surface area contributed by atoms with Crippen LogP contribution in [0, 0.1) is 0 Å². The standard InChI is InChI=1S/C20H25ClN2O4.ClH/c1-3-10-27-19-17(21)12-14(13-18(19)25-4-2)20(24)23-15-5-7-16(8-6-15)26-11-9-22;/h5-8,12-13H,3-4,9-11,22H2,1-2H3,(H,23,24);1H. The van der Waals surface area contributed by atoms with Crippen LogP contribution in [0.15, 0.2) is 36.4 Å². The highest BCUT2D eigenvalue weighted by atomic mass is 35.5. The van der Waals surface area contributed by atoms with Crippen LogP contribution in [0.3, 0.4) is 0 Å². The van der Waals surface area contributed by atoms with Crippen LogP contribution in [0.5, 0.6) is 17.2 Å². The Labute approximate surface area is 176 Å². The highest BCUT2D eigenvalue weighted by Crippen LogP contribution is 2.37. The van der Waals surface area contributed by atoms with Gasteiger partial charge in [-0.1, -0.05) is 18.5 Å². The minimum absolute atomic E-state index is 0. The zero-order valence-corrected chi connectivity index (χ0v) is 17.6. The Kier molecular flexibility index (Phi) is 10.5. The fourth-order valence-corrected chi connectivity index (χ4v) is 2.59. The van der Waals surface area contributed by atoms with Gasteiger partial charge in [0, 0.05) is 17.8 Å². The third-order valence-corrected chi connectivity index (χ3v) is 3.80. The number of nitrogens with two attached hydrogens (primary N) is 1. The molecule has 154 valence electrons. The molecule has 3 N–H and O–H groups in total. The lowest BCUT2D eigenvalue weighted by molar-refractivity contribution is 0.102. The second kappa shape index (κ2) is 12.3. The van der Waals surface area contributed by atoms with E-state index in [4.69, 9.17) is 31.5 Å². The third kappa shape index (κ3) is 6.78. The predicted molar refractivity (Wildman–Crippen MR) is 115 cm³/mol. The first kappa shape index (κ1) is 23.9. The van der Waals surface area contributed by atoms with Gasteiger partial charge in [-0.05, 0) is 49.7 Å². The summed E-state index contributed by atoms with van der Waals surface area (Å²) < 4.78 is 16.7. The Hall–Kier alpha value is -2.15. The Morgan fingerprint density at radius 2 is 1.79 bits per heavy atom. The van der Waals surface area contributed by atoms with Crippen LogP contribution in [-0.2, 0) is 0 Å². The van der Waals surface area contributed by atoms with Gasteiger partial charge < -0.3 is 25.3 Å². The van der Waals surface area contributed by atoms with Crippen molar-refractivity contribution in [2.24, 2.45) is 5.73 Å². The van der Waals surface area contributed by atoms with Crippen molar-refractivity contribution in [3.63, 3.8) is 0 Å². The monoisotopic (exact) mass is 428 g/mol. The van der Waals surface area contributed by atoms with Crippen LogP contribution in [0.25, 0.3) is 0 Å². The van der Waals surface area contributed by atoms with Crippen LogP contribution < -0.4 is 25.3 Å². The fourth-order valence-electron chi connectivity index (χ4n) is 2.32. The first-order chi connectivity index (χ1) is 13.1. The number of ether oxygens (including phenoxy) is 3. The van der Waals surface area contributed by atoms with E-state index in [1.165, 1.54) is 0 Å². The molecule has 2 aromatic rings. The van der Waals surface area contributed by atoms with E-state index in [-0.39, 0.29) is 18.3 Å². The fraction of sp³-hybridized carbons (Fsp3) is 0.350. The van der Waals surface area contributed by atoms with Crippen molar-refractivity contribution in [1.29, 1.82) is 0 Å². The Bertz CT molecular complexity index is 755. The molecule has 0 radical (unpaired) electrons. The van der Waals surface area contributed by atoms with Crippen LogP contribution in [-0.4, -0.2) is 32.3 Å². The molecule has 0 fully saturated rings. The van der Waals surface area contributed by atoms with Gasteiger partial charge in [0.25, 0.3) is 5.91 Å². The molecule has 0 aliphatic heterocycles. The summed E-state index contributed by atoms with van der Waals surface area (Å²) in [6, 6.07) is 10.3. The molecule has 0 saturated carbocycles. The smallest absolute Gasteiger partial charge is 0.255 e. The highest BCUT2D eigenvalue weighted by molar-refractivity contribution is 6.32. The zero-order valence-electron chi connectivity index (χ0n) is 16.0. The first-order valence-corrected chi connectivity index (χ1v) is 9.30. The van der Waals surface area contributed by atoms with Gasteiger partial charge >= 0.3 is 0 Å². The Morgan fingerprint density at radius 1 is 1.07 bits per heavy atom. The van der Waals surface area contributed by atoms with E-state index >= 15 is 0 Å². The summed E-state index contributed by atoms with van der Waals surface area (Å²) in [5.41, 5.74) is 6.43. The topological polar surface area (TPSA) is 82.8 Å². The van der Waals surface area contributed by atoms with Gasteiger partial charge in [0.2, 0.25) is 0 Å². The van der Waals surface area contributed by atoms with E-state index in [1.54, 1.807) is 36.4 Å². The lowest BCUT2D eigenvalue weighted by Gasteiger charge is -2.15. The number of nitrogens with one attached hydrogen (secondary N) is 1. The molecule has 8 heteroatoms. The maximum absolute atomic E-state index is 12.6. The molecule has 0 spiro atoms. The number of hydrogen-bond donors (Lipinski definition) is 2. The van der Waals surface area contributed by atoms with Crippen molar-refractivity contribution in [3.8, 4) is 17.2 Å². The quantitative estimate of drug-likeness (QED) is 0.580. The molecular weight excluding hydrogens is 403 g/mol. The van der Waals surface area contributed by atoms with Crippen molar-refractivity contribution in [3.05, 3.63) is 47.0 Å². The lowest BCUT2D eigenvalue weighted by Crippen LogP contribution is -2.13. The predicted octanol–water partition coefficient (Wildman–Crippen LogP) is 4.54. The van der Waals surface area contributed by atoms with Gasteiger partial charge in [-0.25, -0.2) is 0 Å². The van der Waals surface area contributed by atoms with Gasteiger partial charge in [-0.15, -0.1) is 12.4 Å². The summed E-state index contributed by atoms with van der Waals surface area (Å²) in [6.07, 6.45) is 0.842. The van der Waals surface area contributed by atoms with E-state index in [0.29, 0.717) is 59.9 Å². The van der Waals surface area contributed by atoms with Crippen LogP contribution in [0.2, 0.25) is 5.02 Å². The SMILES string of the molecule is CCCOc1c(Cl)cc(C(=O)Nc2ccc(OCCN)cc2)cc1OCC.Cl. The molecule has 28 heavy (non-hydrogen) atoms. The van der Waals surface area contributed by atoms with Crippen molar-refractivity contribution < 1.29 is 19.0 Å². The maximum atomic E-state index is 12.6. The van der Waals surface area contributed by atoms with E-state index in [0.717, 1.165) is 6.42 Å². The average Bonchev–Trinajstić information content (AvgIpc) is 2.67. The summed E-state index contributed by atoms with van der Waals surface area (Å²) in [5, 5.41) is 3.16.